The molecule has 0 amide bonds. The van der Waals surface area contributed by atoms with Crippen LogP contribution in [0.5, 0.6) is 0 Å². The fraction of sp³-hybridized carbons (Fsp3) is 0.200. The zero-order chi connectivity index (χ0) is 23.4. The summed E-state index contributed by atoms with van der Waals surface area (Å²) in [4.78, 5) is 17.2. The maximum atomic E-state index is 12.6. The van der Waals surface area contributed by atoms with Gasteiger partial charge in [0, 0.05) is 29.9 Å². The quantitative estimate of drug-likeness (QED) is 0.358. The van der Waals surface area contributed by atoms with Gasteiger partial charge in [0.1, 0.15) is 5.52 Å². The highest BCUT2D eigenvalue weighted by Gasteiger charge is 2.21. The van der Waals surface area contributed by atoms with Gasteiger partial charge in [-0.25, -0.2) is 13.4 Å². The van der Waals surface area contributed by atoms with E-state index in [2.05, 4.69) is 10.3 Å². The molecule has 0 aliphatic carbocycles. The smallest absolute Gasteiger partial charge is 0.243 e. The summed E-state index contributed by atoms with van der Waals surface area (Å²) in [5, 5.41) is 3.10. The summed E-state index contributed by atoms with van der Waals surface area (Å²) in [6, 6.07) is 21.1. The lowest BCUT2D eigenvalue weighted by Crippen LogP contribution is -2.30. The number of fused-ring (bicyclic) bond motifs is 1. The van der Waals surface area contributed by atoms with Crippen molar-refractivity contribution in [3.8, 4) is 11.5 Å². The van der Waals surface area contributed by atoms with Gasteiger partial charge in [-0.2, -0.15) is 4.31 Å². The van der Waals surface area contributed by atoms with Crippen LogP contribution >= 0.6 is 0 Å². The lowest BCUT2D eigenvalue weighted by atomic mass is 10.1. The second kappa shape index (κ2) is 9.56. The Morgan fingerprint density at radius 1 is 0.939 bits per heavy atom. The van der Waals surface area contributed by atoms with Crippen molar-refractivity contribution in [2.45, 2.75) is 18.7 Å². The minimum absolute atomic E-state index is 0.0877. The van der Waals surface area contributed by atoms with E-state index in [0.717, 1.165) is 22.4 Å². The third-order valence-corrected chi connectivity index (χ3v) is 7.46. The van der Waals surface area contributed by atoms with E-state index >= 15 is 0 Å². The number of carbonyl (C=O) groups excluding carboxylic acids is 1. The summed E-state index contributed by atoms with van der Waals surface area (Å²) < 4.78 is 32.3. The molecule has 8 heteroatoms. The molecule has 0 saturated heterocycles. The summed E-state index contributed by atoms with van der Waals surface area (Å²) >= 11 is 0. The number of sulfonamides is 1. The SMILES string of the molecule is CCN(CC)S(=O)(=O)c1ccc(C(=O)CNc2ccc(-c3nc4ccccc4o3)cc2)cc1. The van der Waals surface area contributed by atoms with Gasteiger partial charge in [0.2, 0.25) is 15.9 Å². The van der Waals surface area contributed by atoms with Gasteiger partial charge in [-0.05, 0) is 60.7 Å². The van der Waals surface area contributed by atoms with E-state index in [1.165, 1.54) is 16.4 Å². The van der Waals surface area contributed by atoms with E-state index in [0.29, 0.717) is 24.5 Å². The fourth-order valence-electron chi connectivity index (χ4n) is 3.54. The second-order valence-corrected chi connectivity index (χ2v) is 9.39. The number of rotatable bonds is 9. The van der Waals surface area contributed by atoms with Crippen LogP contribution < -0.4 is 5.32 Å². The van der Waals surface area contributed by atoms with E-state index in [9.17, 15) is 13.2 Å². The Labute approximate surface area is 193 Å². The van der Waals surface area contributed by atoms with Crippen molar-refractivity contribution >= 4 is 32.6 Å². The van der Waals surface area contributed by atoms with Crippen LogP contribution in [0.1, 0.15) is 24.2 Å². The molecule has 0 bridgehead atoms. The van der Waals surface area contributed by atoms with Gasteiger partial charge >= 0.3 is 0 Å². The van der Waals surface area contributed by atoms with Crippen LogP contribution in [0.2, 0.25) is 0 Å². The van der Waals surface area contributed by atoms with E-state index in [-0.39, 0.29) is 17.2 Å². The highest BCUT2D eigenvalue weighted by molar-refractivity contribution is 7.89. The molecule has 0 atom stereocenters. The first-order valence-corrected chi connectivity index (χ1v) is 12.2. The van der Waals surface area contributed by atoms with Crippen LogP contribution in [0.4, 0.5) is 5.69 Å². The number of aromatic nitrogens is 1. The number of nitrogens with zero attached hydrogens (tertiary/aromatic N) is 2. The Balaban J connectivity index is 1.39. The number of hydrogen-bond acceptors (Lipinski definition) is 6. The normalized spacial score (nSPS) is 11.7. The maximum Gasteiger partial charge on any atom is 0.243 e. The minimum atomic E-state index is -3.54. The predicted molar refractivity (Wildman–Crippen MR) is 129 cm³/mol. The van der Waals surface area contributed by atoms with Crippen LogP contribution in [0.3, 0.4) is 0 Å². The molecule has 1 aromatic heterocycles. The maximum absolute atomic E-state index is 12.6. The molecule has 0 saturated carbocycles. The first kappa shape index (κ1) is 22.7. The van der Waals surface area contributed by atoms with Crippen molar-refractivity contribution in [2.75, 3.05) is 25.0 Å². The highest BCUT2D eigenvalue weighted by atomic mass is 32.2. The van der Waals surface area contributed by atoms with Crippen molar-refractivity contribution in [3.63, 3.8) is 0 Å². The van der Waals surface area contributed by atoms with Crippen molar-refractivity contribution in [1.82, 2.24) is 9.29 Å². The molecule has 1 N–H and O–H groups in total. The number of oxazole rings is 1. The summed E-state index contributed by atoms with van der Waals surface area (Å²) in [6.07, 6.45) is 0. The number of Topliss-reactive ketones (excluding diaryl/α,β-unsaturated/α-hetero) is 1. The molecule has 0 spiro atoms. The number of anilines is 1. The van der Waals surface area contributed by atoms with E-state index in [1.54, 1.807) is 26.0 Å². The van der Waals surface area contributed by atoms with Crippen molar-refractivity contribution in [3.05, 3.63) is 78.4 Å². The minimum Gasteiger partial charge on any atom is -0.436 e. The van der Waals surface area contributed by atoms with Gasteiger partial charge in [0.25, 0.3) is 0 Å². The van der Waals surface area contributed by atoms with Crippen molar-refractivity contribution < 1.29 is 17.6 Å². The zero-order valence-electron chi connectivity index (χ0n) is 18.5. The van der Waals surface area contributed by atoms with E-state index in [4.69, 9.17) is 4.42 Å². The van der Waals surface area contributed by atoms with Crippen LogP contribution in [0.25, 0.3) is 22.6 Å². The summed E-state index contributed by atoms with van der Waals surface area (Å²) in [6.45, 7) is 4.47. The molecule has 0 unspecified atom stereocenters. The highest BCUT2D eigenvalue weighted by Crippen LogP contribution is 2.25. The number of nitrogens with one attached hydrogen (secondary N) is 1. The van der Waals surface area contributed by atoms with Crippen molar-refractivity contribution in [1.29, 1.82) is 0 Å². The number of ketones is 1. The molecule has 3 aromatic carbocycles. The molecule has 0 fully saturated rings. The Morgan fingerprint density at radius 2 is 1.61 bits per heavy atom. The van der Waals surface area contributed by atoms with Gasteiger partial charge in [-0.1, -0.05) is 26.0 Å². The van der Waals surface area contributed by atoms with Crippen LogP contribution in [-0.2, 0) is 10.0 Å². The Kier molecular flexibility index (Phi) is 6.57. The second-order valence-electron chi connectivity index (χ2n) is 7.45. The first-order valence-electron chi connectivity index (χ1n) is 10.8. The van der Waals surface area contributed by atoms with E-state index in [1.807, 2.05) is 48.5 Å². The molecule has 1 heterocycles. The molecule has 7 nitrogen and oxygen atoms in total. The number of benzene rings is 3. The number of hydrogen-bond donors (Lipinski definition) is 1. The Bertz CT molecular complexity index is 1320. The third kappa shape index (κ3) is 4.81. The predicted octanol–water partition coefficient (Wildman–Crippen LogP) is 4.82. The lowest BCUT2D eigenvalue weighted by molar-refractivity contribution is 0.101. The molecule has 4 aromatic rings. The topological polar surface area (TPSA) is 92.5 Å². The number of carbonyl (C=O) groups is 1. The fourth-order valence-corrected chi connectivity index (χ4v) is 4.99. The molecule has 4 rings (SSSR count). The summed E-state index contributed by atoms with van der Waals surface area (Å²) in [7, 11) is -3.54. The number of para-hydroxylation sites is 2. The third-order valence-electron chi connectivity index (χ3n) is 5.40. The van der Waals surface area contributed by atoms with Crippen molar-refractivity contribution in [2.24, 2.45) is 0 Å². The van der Waals surface area contributed by atoms with Gasteiger partial charge < -0.3 is 9.73 Å². The average Bonchev–Trinajstić information content (AvgIpc) is 3.28. The molecule has 33 heavy (non-hydrogen) atoms. The molecular formula is C25H25N3O4S. The molecule has 0 aliphatic rings. The molecule has 0 aliphatic heterocycles. The monoisotopic (exact) mass is 463 g/mol. The van der Waals surface area contributed by atoms with Gasteiger partial charge in [0.05, 0.1) is 11.4 Å². The molecular weight excluding hydrogens is 438 g/mol. The van der Waals surface area contributed by atoms with Gasteiger partial charge in [-0.15, -0.1) is 0 Å². The molecule has 0 radical (unpaired) electrons. The standard InChI is InChI=1S/C25H25N3O4S/c1-3-28(4-2)33(30,31)21-15-11-18(12-16-21)23(29)17-26-20-13-9-19(10-14-20)25-27-22-7-5-6-8-24(22)32-25/h5-16,26H,3-4,17H2,1-2H3. The average molecular weight is 464 g/mol. The van der Waals surface area contributed by atoms with Gasteiger partial charge in [0.15, 0.2) is 11.4 Å². The summed E-state index contributed by atoms with van der Waals surface area (Å²) in [5.41, 5.74) is 3.61. The lowest BCUT2D eigenvalue weighted by Gasteiger charge is -2.18. The largest absolute Gasteiger partial charge is 0.436 e. The van der Waals surface area contributed by atoms with Crippen LogP contribution in [-0.4, -0.2) is 43.1 Å². The van der Waals surface area contributed by atoms with Crippen LogP contribution in [0, 0.1) is 0 Å². The van der Waals surface area contributed by atoms with Crippen LogP contribution in [0.15, 0.2) is 82.1 Å². The first-order chi connectivity index (χ1) is 15.9. The van der Waals surface area contributed by atoms with Gasteiger partial charge in [-0.3, -0.25) is 4.79 Å². The Hall–Kier alpha value is -3.49. The Morgan fingerprint density at radius 3 is 2.24 bits per heavy atom. The zero-order valence-corrected chi connectivity index (χ0v) is 19.3. The summed E-state index contributed by atoms with van der Waals surface area (Å²) in [5.74, 6) is 0.406. The molecule has 170 valence electrons. The van der Waals surface area contributed by atoms with E-state index < -0.39 is 10.0 Å².